The van der Waals surface area contributed by atoms with Crippen LogP contribution in [0.2, 0.25) is 5.02 Å². The zero-order chi connectivity index (χ0) is 26.4. The van der Waals surface area contributed by atoms with Crippen molar-refractivity contribution in [2.45, 2.75) is 51.0 Å². The van der Waals surface area contributed by atoms with Crippen molar-refractivity contribution in [2.24, 2.45) is 5.92 Å². The van der Waals surface area contributed by atoms with Gasteiger partial charge >= 0.3 is 0 Å². The Kier molecular flexibility index (Phi) is 8.90. The second-order valence-electron chi connectivity index (χ2n) is 9.24. The molecule has 3 aromatic carbocycles. The zero-order valence-electron chi connectivity index (χ0n) is 21.2. The van der Waals surface area contributed by atoms with E-state index in [9.17, 15) is 13.2 Å². The van der Waals surface area contributed by atoms with Crippen LogP contribution in [0.15, 0.2) is 71.6 Å². The SMILES string of the molecule is CCCNS(=O)(=O)c1ccc(-c2ccccc2)c(N(Cc2cc(Cl)ccc2OCCC)C(=O)C2CC2)c1. The molecule has 0 radical (unpaired) electrons. The highest BCUT2D eigenvalue weighted by molar-refractivity contribution is 7.89. The van der Waals surface area contributed by atoms with Gasteiger partial charge in [-0.25, -0.2) is 13.1 Å². The number of sulfonamides is 1. The summed E-state index contributed by atoms with van der Waals surface area (Å²) in [4.78, 5) is 15.5. The molecule has 0 unspecified atom stereocenters. The average molecular weight is 541 g/mol. The Morgan fingerprint density at radius 1 is 1.03 bits per heavy atom. The van der Waals surface area contributed by atoms with E-state index >= 15 is 0 Å². The first kappa shape index (κ1) is 27.2. The Labute approximate surface area is 224 Å². The van der Waals surface area contributed by atoms with Crippen LogP contribution in [-0.2, 0) is 21.4 Å². The molecule has 196 valence electrons. The largest absolute Gasteiger partial charge is 0.493 e. The Balaban J connectivity index is 1.86. The van der Waals surface area contributed by atoms with Crippen LogP contribution in [0.25, 0.3) is 11.1 Å². The van der Waals surface area contributed by atoms with Crippen molar-refractivity contribution < 1.29 is 17.9 Å². The molecule has 0 aliphatic heterocycles. The first-order chi connectivity index (χ1) is 17.8. The number of nitrogens with one attached hydrogen (secondary N) is 1. The summed E-state index contributed by atoms with van der Waals surface area (Å²) in [6.07, 6.45) is 3.16. The van der Waals surface area contributed by atoms with Crippen molar-refractivity contribution in [1.29, 1.82) is 0 Å². The smallest absolute Gasteiger partial charge is 0.240 e. The Morgan fingerprint density at radius 3 is 2.46 bits per heavy atom. The molecule has 0 bridgehead atoms. The summed E-state index contributed by atoms with van der Waals surface area (Å²) in [5, 5.41) is 0.543. The molecule has 0 spiro atoms. The monoisotopic (exact) mass is 540 g/mol. The van der Waals surface area contributed by atoms with Crippen molar-refractivity contribution in [3.8, 4) is 16.9 Å². The van der Waals surface area contributed by atoms with Crippen molar-refractivity contribution in [3.63, 3.8) is 0 Å². The lowest BCUT2D eigenvalue weighted by Crippen LogP contribution is -2.33. The molecule has 0 saturated heterocycles. The number of anilines is 1. The van der Waals surface area contributed by atoms with Crippen LogP contribution < -0.4 is 14.4 Å². The van der Waals surface area contributed by atoms with E-state index in [0.29, 0.717) is 36.0 Å². The molecule has 3 aromatic rings. The fourth-order valence-corrected chi connectivity index (χ4v) is 5.46. The molecule has 6 nitrogen and oxygen atoms in total. The minimum absolute atomic E-state index is 0.0327. The molecule has 4 rings (SSSR count). The van der Waals surface area contributed by atoms with E-state index < -0.39 is 10.0 Å². The predicted molar refractivity (Wildman–Crippen MR) is 149 cm³/mol. The summed E-state index contributed by atoms with van der Waals surface area (Å²) in [6.45, 7) is 5.02. The number of ether oxygens (including phenoxy) is 1. The Morgan fingerprint density at radius 2 is 1.78 bits per heavy atom. The van der Waals surface area contributed by atoms with Gasteiger partial charge in [0.2, 0.25) is 15.9 Å². The Bertz CT molecular complexity index is 1340. The summed E-state index contributed by atoms with van der Waals surface area (Å²) in [5.74, 6) is 0.547. The van der Waals surface area contributed by atoms with Gasteiger partial charge in [-0.15, -0.1) is 0 Å². The van der Waals surface area contributed by atoms with Crippen LogP contribution in [0.3, 0.4) is 0 Å². The molecule has 0 heterocycles. The van der Waals surface area contributed by atoms with Gasteiger partial charge in [0.15, 0.2) is 0 Å². The predicted octanol–water partition coefficient (Wildman–Crippen LogP) is 6.43. The molecule has 0 atom stereocenters. The standard InChI is InChI=1S/C29H33ClN2O4S/c1-3-16-31-37(34,35)25-13-14-26(21-8-6-5-7-9-21)27(19-25)32(29(33)22-10-11-22)20-23-18-24(30)12-15-28(23)36-17-4-2/h5-9,12-15,18-19,22,31H,3-4,10-11,16-17,20H2,1-2H3. The van der Waals surface area contributed by atoms with E-state index in [1.54, 1.807) is 29.2 Å². The highest BCUT2D eigenvalue weighted by atomic mass is 35.5. The molecule has 1 N–H and O–H groups in total. The average Bonchev–Trinajstić information content (AvgIpc) is 3.76. The molecular weight excluding hydrogens is 508 g/mol. The van der Waals surface area contributed by atoms with Gasteiger partial charge in [-0.05, 0) is 61.6 Å². The third-order valence-corrected chi connectivity index (χ3v) is 7.90. The number of amides is 1. The molecule has 37 heavy (non-hydrogen) atoms. The van der Waals surface area contributed by atoms with E-state index in [2.05, 4.69) is 4.72 Å². The van der Waals surface area contributed by atoms with Crippen LogP contribution >= 0.6 is 11.6 Å². The van der Waals surface area contributed by atoms with E-state index in [-0.39, 0.29) is 23.3 Å². The minimum Gasteiger partial charge on any atom is -0.493 e. The number of benzene rings is 3. The number of nitrogens with zero attached hydrogens (tertiary/aromatic N) is 1. The molecule has 1 amide bonds. The molecule has 1 saturated carbocycles. The normalized spacial score (nSPS) is 13.4. The van der Waals surface area contributed by atoms with Gasteiger partial charge in [-0.2, -0.15) is 0 Å². The van der Waals surface area contributed by atoms with Crippen LogP contribution in [-0.4, -0.2) is 27.5 Å². The summed E-state index contributed by atoms with van der Waals surface area (Å²) in [6, 6.07) is 20.1. The van der Waals surface area contributed by atoms with Gasteiger partial charge in [0.1, 0.15) is 5.75 Å². The molecule has 1 fully saturated rings. The number of hydrogen-bond acceptors (Lipinski definition) is 4. The minimum atomic E-state index is -3.74. The van der Waals surface area contributed by atoms with Crippen LogP contribution in [0.1, 0.15) is 45.1 Å². The van der Waals surface area contributed by atoms with Gasteiger partial charge < -0.3 is 9.64 Å². The summed E-state index contributed by atoms with van der Waals surface area (Å²) in [7, 11) is -3.74. The number of carbonyl (C=O) groups is 1. The maximum absolute atomic E-state index is 13.7. The highest BCUT2D eigenvalue weighted by Gasteiger charge is 2.36. The fraction of sp³-hybridized carbons (Fsp3) is 0.345. The van der Waals surface area contributed by atoms with Crippen LogP contribution in [0, 0.1) is 5.92 Å². The topological polar surface area (TPSA) is 75.7 Å². The number of rotatable bonds is 12. The highest BCUT2D eigenvalue weighted by Crippen LogP contribution is 2.39. The van der Waals surface area contributed by atoms with Crippen molar-refractivity contribution >= 4 is 33.2 Å². The van der Waals surface area contributed by atoms with E-state index in [1.165, 1.54) is 0 Å². The lowest BCUT2D eigenvalue weighted by Gasteiger charge is -2.27. The maximum Gasteiger partial charge on any atom is 0.240 e. The maximum atomic E-state index is 13.7. The second-order valence-corrected chi connectivity index (χ2v) is 11.4. The lowest BCUT2D eigenvalue weighted by molar-refractivity contribution is -0.119. The van der Waals surface area contributed by atoms with Gasteiger partial charge in [0, 0.05) is 28.6 Å². The number of carbonyl (C=O) groups excluding carboxylic acids is 1. The second kappa shape index (κ2) is 12.1. The van der Waals surface area contributed by atoms with Gasteiger partial charge in [-0.1, -0.05) is 61.8 Å². The summed E-state index contributed by atoms with van der Waals surface area (Å²) in [5.41, 5.74) is 2.99. The van der Waals surface area contributed by atoms with E-state index in [1.807, 2.05) is 56.3 Å². The Hall–Kier alpha value is -2.87. The molecule has 8 heteroatoms. The molecule has 1 aliphatic rings. The fourth-order valence-electron chi connectivity index (χ4n) is 4.11. The molecular formula is C29H33ClN2O4S. The third-order valence-electron chi connectivity index (χ3n) is 6.20. The molecule has 0 aromatic heterocycles. The van der Waals surface area contributed by atoms with Gasteiger partial charge in [0.25, 0.3) is 0 Å². The van der Waals surface area contributed by atoms with Gasteiger partial charge in [-0.3, -0.25) is 4.79 Å². The van der Waals surface area contributed by atoms with Crippen molar-refractivity contribution in [1.82, 2.24) is 4.72 Å². The van der Waals surface area contributed by atoms with Crippen LogP contribution in [0.5, 0.6) is 5.75 Å². The lowest BCUT2D eigenvalue weighted by atomic mass is 10.0. The van der Waals surface area contributed by atoms with E-state index in [0.717, 1.165) is 36.0 Å². The van der Waals surface area contributed by atoms with Crippen molar-refractivity contribution in [2.75, 3.05) is 18.1 Å². The number of hydrogen-bond donors (Lipinski definition) is 1. The van der Waals surface area contributed by atoms with Gasteiger partial charge in [0.05, 0.1) is 23.7 Å². The number of halogens is 1. The van der Waals surface area contributed by atoms with Crippen LogP contribution in [0.4, 0.5) is 5.69 Å². The first-order valence-electron chi connectivity index (χ1n) is 12.8. The summed E-state index contributed by atoms with van der Waals surface area (Å²) < 4.78 is 34.7. The third kappa shape index (κ3) is 6.72. The molecule has 1 aliphatic carbocycles. The zero-order valence-corrected chi connectivity index (χ0v) is 22.8. The van der Waals surface area contributed by atoms with Crippen molar-refractivity contribution in [3.05, 3.63) is 77.3 Å². The van der Waals surface area contributed by atoms with E-state index in [4.69, 9.17) is 16.3 Å². The first-order valence-corrected chi connectivity index (χ1v) is 14.6. The quantitative estimate of drug-likeness (QED) is 0.287. The summed E-state index contributed by atoms with van der Waals surface area (Å²) >= 11 is 6.35.